The summed E-state index contributed by atoms with van der Waals surface area (Å²) in [5.74, 6) is -0.500. The van der Waals surface area contributed by atoms with Gasteiger partial charge in [-0.1, -0.05) is 0 Å². The molecule has 5 heteroatoms. The SMILES string of the molecule is COc1cc(OC(C)C(=O)O)ccc1O. The Morgan fingerprint density at radius 2 is 2.13 bits per heavy atom. The van der Waals surface area contributed by atoms with E-state index in [1.807, 2.05) is 0 Å². The van der Waals surface area contributed by atoms with E-state index < -0.39 is 12.1 Å². The normalized spacial score (nSPS) is 11.9. The van der Waals surface area contributed by atoms with Gasteiger partial charge in [-0.25, -0.2) is 4.79 Å². The lowest BCUT2D eigenvalue weighted by Gasteiger charge is -2.11. The molecule has 1 aromatic rings. The zero-order valence-electron chi connectivity index (χ0n) is 8.43. The van der Waals surface area contributed by atoms with E-state index >= 15 is 0 Å². The van der Waals surface area contributed by atoms with Gasteiger partial charge in [0, 0.05) is 6.07 Å². The first-order chi connectivity index (χ1) is 7.04. The maximum Gasteiger partial charge on any atom is 0.344 e. The molecule has 1 atom stereocenters. The van der Waals surface area contributed by atoms with Crippen molar-refractivity contribution in [1.29, 1.82) is 0 Å². The molecule has 0 saturated carbocycles. The molecular weight excluding hydrogens is 200 g/mol. The van der Waals surface area contributed by atoms with Crippen molar-refractivity contribution >= 4 is 5.97 Å². The van der Waals surface area contributed by atoms with Crippen molar-refractivity contribution in [3.8, 4) is 17.2 Å². The van der Waals surface area contributed by atoms with E-state index in [2.05, 4.69) is 0 Å². The number of aliphatic carboxylic acids is 1. The first-order valence-electron chi connectivity index (χ1n) is 4.31. The molecular formula is C10H12O5. The van der Waals surface area contributed by atoms with Crippen LogP contribution in [0.2, 0.25) is 0 Å². The molecule has 82 valence electrons. The highest BCUT2D eigenvalue weighted by Gasteiger charge is 2.13. The Morgan fingerprint density at radius 1 is 1.47 bits per heavy atom. The third-order valence-corrected chi connectivity index (χ3v) is 1.81. The molecule has 0 aliphatic carbocycles. The predicted molar refractivity (Wildman–Crippen MR) is 52.4 cm³/mol. The van der Waals surface area contributed by atoms with Crippen LogP contribution < -0.4 is 9.47 Å². The topological polar surface area (TPSA) is 76.0 Å². The minimum Gasteiger partial charge on any atom is -0.504 e. The smallest absolute Gasteiger partial charge is 0.344 e. The molecule has 1 unspecified atom stereocenters. The molecule has 0 aliphatic heterocycles. The number of phenolic OH excluding ortho intramolecular Hbond substituents is 1. The van der Waals surface area contributed by atoms with Crippen LogP contribution in [0.1, 0.15) is 6.92 Å². The van der Waals surface area contributed by atoms with Gasteiger partial charge >= 0.3 is 5.97 Å². The zero-order valence-corrected chi connectivity index (χ0v) is 8.43. The van der Waals surface area contributed by atoms with Gasteiger partial charge in [0.1, 0.15) is 5.75 Å². The van der Waals surface area contributed by atoms with Gasteiger partial charge in [-0.05, 0) is 19.1 Å². The summed E-state index contributed by atoms with van der Waals surface area (Å²) in [5, 5.41) is 17.9. The summed E-state index contributed by atoms with van der Waals surface area (Å²) in [6, 6.07) is 4.27. The first kappa shape index (κ1) is 11.2. The molecule has 0 fully saturated rings. The van der Waals surface area contributed by atoms with E-state index in [1.165, 1.54) is 32.2 Å². The quantitative estimate of drug-likeness (QED) is 0.785. The Labute approximate surface area is 86.9 Å². The lowest BCUT2D eigenvalue weighted by molar-refractivity contribution is -0.144. The highest BCUT2D eigenvalue weighted by Crippen LogP contribution is 2.30. The fraction of sp³-hybridized carbons (Fsp3) is 0.300. The van der Waals surface area contributed by atoms with Gasteiger partial charge in [-0.15, -0.1) is 0 Å². The number of ether oxygens (including phenoxy) is 2. The van der Waals surface area contributed by atoms with Crippen LogP contribution in [0.15, 0.2) is 18.2 Å². The highest BCUT2D eigenvalue weighted by atomic mass is 16.5. The second kappa shape index (κ2) is 4.54. The Bertz CT molecular complexity index is 361. The third kappa shape index (κ3) is 2.77. The molecule has 0 heterocycles. The van der Waals surface area contributed by atoms with E-state index in [9.17, 15) is 9.90 Å². The van der Waals surface area contributed by atoms with Crippen molar-refractivity contribution in [3.63, 3.8) is 0 Å². The fourth-order valence-electron chi connectivity index (χ4n) is 0.986. The predicted octanol–water partition coefficient (Wildman–Crippen LogP) is 1.25. The largest absolute Gasteiger partial charge is 0.504 e. The van der Waals surface area contributed by atoms with E-state index in [0.717, 1.165) is 0 Å². The molecule has 0 amide bonds. The number of aromatic hydroxyl groups is 1. The summed E-state index contributed by atoms with van der Waals surface area (Å²) in [5.41, 5.74) is 0. The van der Waals surface area contributed by atoms with Crippen LogP contribution >= 0.6 is 0 Å². The molecule has 0 radical (unpaired) electrons. The molecule has 2 N–H and O–H groups in total. The van der Waals surface area contributed by atoms with E-state index in [1.54, 1.807) is 0 Å². The molecule has 15 heavy (non-hydrogen) atoms. The molecule has 1 rings (SSSR count). The second-order valence-corrected chi connectivity index (χ2v) is 2.93. The number of benzene rings is 1. The molecule has 1 aromatic carbocycles. The van der Waals surface area contributed by atoms with Crippen molar-refractivity contribution in [3.05, 3.63) is 18.2 Å². The van der Waals surface area contributed by atoms with Crippen molar-refractivity contribution < 1.29 is 24.5 Å². The Morgan fingerprint density at radius 3 is 2.67 bits per heavy atom. The van der Waals surface area contributed by atoms with Gasteiger partial charge in [0.2, 0.25) is 0 Å². The number of rotatable bonds is 4. The summed E-state index contributed by atoms with van der Waals surface area (Å²) in [6.07, 6.45) is -0.945. The number of methoxy groups -OCH3 is 1. The summed E-state index contributed by atoms with van der Waals surface area (Å²) in [6.45, 7) is 1.42. The van der Waals surface area contributed by atoms with Gasteiger partial charge in [0.25, 0.3) is 0 Å². The Balaban J connectivity index is 2.83. The Kier molecular flexibility index (Phi) is 3.38. The van der Waals surface area contributed by atoms with E-state index in [0.29, 0.717) is 5.75 Å². The molecule has 0 spiro atoms. The number of hydrogen-bond donors (Lipinski definition) is 2. The summed E-state index contributed by atoms with van der Waals surface area (Å²) in [7, 11) is 1.40. The fourth-order valence-corrected chi connectivity index (χ4v) is 0.986. The van der Waals surface area contributed by atoms with Crippen LogP contribution in [0.4, 0.5) is 0 Å². The zero-order chi connectivity index (χ0) is 11.4. The molecule has 0 saturated heterocycles. The van der Waals surface area contributed by atoms with Crippen molar-refractivity contribution in [1.82, 2.24) is 0 Å². The number of carboxylic acids is 1. The Hall–Kier alpha value is -1.91. The monoisotopic (exact) mass is 212 g/mol. The highest BCUT2D eigenvalue weighted by molar-refractivity contribution is 5.72. The number of hydrogen-bond acceptors (Lipinski definition) is 4. The van der Waals surface area contributed by atoms with Gasteiger partial charge < -0.3 is 19.7 Å². The van der Waals surface area contributed by atoms with Crippen molar-refractivity contribution in [2.45, 2.75) is 13.0 Å². The molecule has 0 aromatic heterocycles. The molecule has 5 nitrogen and oxygen atoms in total. The van der Waals surface area contributed by atoms with Crippen LogP contribution in [0.25, 0.3) is 0 Å². The third-order valence-electron chi connectivity index (χ3n) is 1.81. The molecule has 0 aliphatic rings. The standard InChI is InChI=1S/C10H12O5/c1-6(10(12)13)15-7-3-4-8(11)9(5-7)14-2/h3-6,11H,1-2H3,(H,12,13). The first-order valence-corrected chi connectivity index (χ1v) is 4.31. The number of carbonyl (C=O) groups is 1. The van der Waals surface area contributed by atoms with Gasteiger partial charge in [0.15, 0.2) is 17.6 Å². The lowest BCUT2D eigenvalue weighted by Crippen LogP contribution is -2.22. The number of carboxylic acid groups (broad SMARTS) is 1. The average molecular weight is 212 g/mol. The van der Waals surface area contributed by atoms with Crippen molar-refractivity contribution in [2.24, 2.45) is 0 Å². The van der Waals surface area contributed by atoms with Crippen LogP contribution in [-0.4, -0.2) is 29.4 Å². The number of phenols is 1. The summed E-state index contributed by atoms with van der Waals surface area (Å²) in [4.78, 5) is 10.5. The van der Waals surface area contributed by atoms with Crippen molar-refractivity contribution in [2.75, 3.05) is 7.11 Å². The molecule has 0 bridgehead atoms. The maximum atomic E-state index is 10.5. The van der Waals surface area contributed by atoms with Crippen LogP contribution in [0.5, 0.6) is 17.2 Å². The minimum absolute atomic E-state index is 0.0205. The maximum absolute atomic E-state index is 10.5. The van der Waals surface area contributed by atoms with E-state index in [-0.39, 0.29) is 11.5 Å². The van der Waals surface area contributed by atoms with Gasteiger partial charge in [-0.2, -0.15) is 0 Å². The van der Waals surface area contributed by atoms with Gasteiger partial charge in [-0.3, -0.25) is 0 Å². The van der Waals surface area contributed by atoms with Crippen LogP contribution in [-0.2, 0) is 4.79 Å². The second-order valence-electron chi connectivity index (χ2n) is 2.93. The average Bonchev–Trinajstić information content (AvgIpc) is 2.20. The van der Waals surface area contributed by atoms with Gasteiger partial charge in [0.05, 0.1) is 7.11 Å². The summed E-state index contributed by atoms with van der Waals surface area (Å²) >= 11 is 0. The van der Waals surface area contributed by atoms with Crippen LogP contribution in [0.3, 0.4) is 0 Å². The van der Waals surface area contributed by atoms with Crippen LogP contribution in [0, 0.1) is 0 Å². The minimum atomic E-state index is -1.05. The van der Waals surface area contributed by atoms with E-state index in [4.69, 9.17) is 14.6 Å². The lowest BCUT2D eigenvalue weighted by atomic mass is 10.3. The summed E-state index contributed by atoms with van der Waals surface area (Å²) < 4.78 is 9.93.